The summed E-state index contributed by atoms with van der Waals surface area (Å²) in [5.74, 6) is 0. The predicted octanol–water partition coefficient (Wildman–Crippen LogP) is -0.501. The van der Waals surface area contributed by atoms with E-state index in [1.54, 1.807) is 32.5 Å². The molecule has 0 radical (unpaired) electrons. The summed E-state index contributed by atoms with van der Waals surface area (Å²) >= 11 is 0. The summed E-state index contributed by atoms with van der Waals surface area (Å²) in [6, 6.07) is 0. The Morgan fingerprint density at radius 2 is 1.83 bits per heavy atom. The van der Waals surface area contributed by atoms with E-state index in [-0.39, 0.29) is 6.54 Å². The minimum absolute atomic E-state index is 0.00817. The largest absolute Gasteiger partial charge is 0.384 e. The van der Waals surface area contributed by atoms with Gasteiger partial charge in [-0.25, -0.2) is 9.78 Å². The summed E-state index contributed by atoms with van der Waals surface area (Å²) < 4.78 is 4.00. The third-order valence-electron chi connectivity index (χ3n) is 3.85. The molecule has 0 aromatic carbocycles. The monoisotopic (exact) mass is 330 g/mol. The lowest BCUT2D eigenvalue weighted by atomic mass is 10.1. The molecule has 3 rings (SSSR count). The molecule has 0 bridgehead atoms. The maximum atomic E-state index is 12.6. The highest BCUT2D eigenvalue weighted by Gasteiger charge is 2.19. The molecular formula is C15H18N6O3. The number of rotatable bonds is 3. The standard InChI is InChI=1S/C15H18N6O3/c1-15(2,24)10-6-16-9(5-17-10)7-21-13(22)11-12(18-8-19(11)3)20(4)14(21)23/h5-6,8,24H,7H2,1-4H3. The van der Waals surface area contributed by atoms with Crippen LogP contribution in [0, 0.1) is 0 Å². The highest BCUT2D eigenvalue weighted by molar-refractivity contribution is 5.69. The van der Waals surface area contributed by atoms with Gasteiger partial charge in [-0.1, -0.05) is 0 Å². The molecule has 3 aromatic rings. The van der Waals surface area contributed by atoms with Gasteiger partial charge in [-0.15, -0.1) is 0 Å². The first kappa shape index (κ1) is 16.1. The van der Waals surface area contributed by atoms with Crippen LogP contribution in [0.15, 0.2) is 28.3 Å². The minimum atomic E-state index is -1.11. The molecule has 0 aliphatic heterocycles. The number of aryl methyl sites for hydroxylation is 2. The Hall–Kier alpha value is -2.81. The molecule has 9 heteroatoms. The van der Waals surface area contributed by atoms with Gasteiger partial charge >= 0.3 is 5.69 Å². The van der Waals surface area contributed by atoms with Crippen LogP contribution in [0.3, 0.4) is 0 Å². The average Bonchev–Trinajstić information content (AvgIpc) is 2.91. The van der Waals surface area contributed by atoms with Crippen LogP contribution in [0.1, 0.15) is 25.2 Å². The van der Waals surface area contributed by atoms with Crippen LogP contribution >= 0.6 is 0 Å². The van der Waals surface area contributed by atoms with Crippen LogP contribution in [0.25, 0.3) is 11.2 Å². The van der Waals surface area contributed by atoms with Gasteiger partial charge in [0.2, 0.25) is 0 Å². The minimum Gasteiger partial charge on any atom is -0.384 e. The maximum Gasteiger partial charge on any atom is 0.332 e. The Morgan fingerprint density at radius 3 is 2.42 bits per heavy atom. The van der Waals surface area contributed by atoms with Crippen molar-refractivity contribution in [2.24, 2.45) is 14.1 Å². The first-order valence-corrected chi connectivity index (χ1v) is 7.35. The molecule has 0 saturated heterocycles. The van der Waals surface area contributed by atoms with E-state index in [1.165, 1.54) is 23.3 Å². The lowest BCUT2D eigenvalue weighted by molar-refractivity contribution is 0.0733. The molecule has 0 aliphatic rings. The van der Waals surface area contributed by atoms with E-state index in [9.17, 15) is 14.7 Å². The van der Waals surface area contributed by atoms with Crippen LogP contribution in [0.5, 0.6) is 0 Å². The zero-order valence-electron chi connectivity index (χ0n) is 13.9. The number of imidazole rings is 1. The quantitative estimate of drug-likeness (QED) is 0.693. The summed E-state index contributed by atoms with van der Waals surface area (Å²) in [4.78, 5) is 37.5. The van der Waals surface area contributed by atoms with E-state index in [0.717, 1.165) is 4.57 Å². The van der Waals surface area contributed by atoms with E-state index in [4.69, 9.17) is 0 Å². The maximum absolute atomic E-state index is 12.6. The fourth-order valence-electron chi connectivity index (χ4n) is 2.45. The predicted molar refractivity (Wildman–Crippen MR) is 86.6 cm³/mol. The molecule has 0 aliphatic carbocycles. The Morgan fingerprint density at radius 1 is 1.12 bits per heavy atom. The summed E-state index contributed by atoms with van der Waals surface area (Å²) in [5.41, 5.74) is -0.463. The first-order chi connectivity index (χ1) is 11.2. The second-order valence-corrected chi connectivity index (χ2v) is 6.21. The summed E-state index contributed by atoms with van der Waals surface area (Å²) in [5, 5.41) is 9.90. The van der Waals surface area contributed by atoms with Crippen molar-refractivity contribution in [2.45, 2.75) is 26.0 Å². The van der Waals surface area contributed by atoms with Crippen LogP contribution in [0.2, 0.25) is 0 Å². The Kier molecular flexibility index (Phi) is 3.60. The molecule has 3 aromatic heterocycles. The van der Waals surface area contributed by atoms with Crippen molar-refractivity contribution in [3.8, 4) is 0 Å². The van der Waals surface area contributed by atoms with Crippen LogP contribution in [0.4, 0.5) is 0 Å². The van der Waals surface area contributed by atoms with Gasteiger partial charge in [0.05, 0.1) is 36.7 Å². The van der Waals surface area contributed by atoms with Gasteiger partial charge in [0.25, 0.3) is 5.56 Å². The Labute approximate surface area is 136 Å². The van der Waals surface area contributed by atoms with Crippen molar-refractivity contribution >= 4 is 11.2 Å². The number of hydrogen-bond acceptors (Lipinski definition) is 6. The van der Waals surface area contributed by atoms with Gasteiger partial charge in [0.15, 0.2) is 11.2 Å². The summed E-state index contributed by atoms with van der Waals surface area (Å²) in [6.07, 6.45) is 4.38. The van der Waals surface area contributed by atoms with Gasteiger partial charge in [0, 0.05) is 14.1 Å². The lowest BCUT2D eigenvalue weighted by Gasteiger charge is -2.16. The first-order valence-electron chi connectivity index (χ1n) is 7.35. The molecule has 126 valence electrons. The normalized spacial score (nSPS) is 12.0. The second-order valence-electron chi connectivity index (χ2n) is 6.21. The molecule has 0 amide bonds. The van der Waals surface area contributed by atoms with Gasteiger partial charge in [-0.2, -0.15) is 0 Å². The van der Waals surface area contributed by atoms with Gasteiger partial charge in [-0.3, -0.25) is 23.9 Å². The van der Waals surface area contributed by atoms with Gasteiger partial charge in [0.1, 0.15) is 5.60 Å². The zero-order chi connectivity index (χ0) is 17.6. The van der Waals surface area contributed by atoms with Crippen molar-refractivity contribution in [2.75, 3.05) is 0 Å². The SMILES string of the molecule is Cn1cnc2c1c(=O)n(Cc1cnc(C(C)(C)O)cn1)c(=O)n2C. The lowest BCUT2D eigenvalue weighted by Crippen LogP contribution is -2.40. The summed E-state index contributed by atoms with van der Waals surface area (Å²) in [6.45, 7) is 3.20. The van der Waals surface area contributed by atoms with Crippen molar-refractivity contribution in [1.82, 2.24) is 28.7 Å². The average molecular weight is 330 g/mol. The van der Waals surface area contributed by atoms with Gasteiger partial charge in [-0.05, 0) is 13.8 Å². The highest BCUT2D eigenvalue weighted by atomic mass is 16.3. The number of hydrogen-bond donors (Lipinski definition) is 1. The molecule has 0 atom stereocenters. The topological polar surface area (TPSA) is 108 Å². The second kappa shape index (κ2) is 5.38. The van der Waals surface area contributed by atoms with Crippen molar-refractivity contribution < 1.29 is 5.11 Å². The molecule has 0 saturated carbocycles. The molecule has 3 heterocycles. The number of aromatic nitrogens is 6. The molecule has 0 unspecified atom stereocenters. The molecule has 9 nitrogen and oxygen atoms in total. The smallest absolute Gasteiger partial charge is 0.332 e. The Bertz CT molecular complexity index is 1020. The van der Waals surface area contributed by atoms with Crippen LogP contribution in [-0.4, -0.2) is 33.8 Å². The van der Waals surface area contributed by atoms with Crippen molar-refractivity contribution in [1.29, 1.82) is 0 Å². The summed E-state index contributed by atoms with van der Waals surface area (Å²) in [7, 11) is 3.26. The van der Waals surface area contributed by atoms with E-state index >= 15 is 0 Å². The zero-order valence-corrected chi connectivity index (χ0v) is 13.9. The van der Waals surface area contributed by atoms with Crippen LogP contribution < -0.4 is 11.2 Å². The molecule has 0 spiro atoms. The van der Waals surface area contributed by atoms with Gasteiger partial charge < -0.3 is 9.67 Å². The van der Waals surface area contributed by atoms with E-state index in [1.807, 2.05) is 0 Å². The number of aliphatic hydroxyl groups is 1. The van der Waals surface area contributed by atoms with Crippen LogP contribution in [-0.2, 0) is 26.2 Å². The third-order valence-corrected chi connectivity index (χ3v) is 3.85. The number of nitrogens with zero attached hydrogens (tertiary/aromatic N) is 6. The Balaban J connectivity index is 2.09. The molecule has 1 N–H and O–H groups in total. The molecular weight excluding hydrogens is 312 g/mol. The van der Waals surface area contributed by atoms with E-state index in [2.05, 4.69) is 15.0 Å². The van der Waals surface area contributed by atoms with Crippen molar-refractivity contribution in [3.05, 3.63) is 50.9 Å². The number of fused-ring (bicyclic) bond motifs is 1. The third kappa shape index (κ3) is 2.52. The molecule has 24 heavy (non-hydrogen) atoms. The highest BCUT2D eigenvalue weighted by Crippen LogP contribution is 2.15. The molecule has 0 fully saturated rings. The fraction of sp³-hybridized carbons (Fsp3) is 0.400. The van der Waals surface area contributed by atoms with E-state index < -0.39 is 16.9 Å². The van der Waals surface area contributed by atoms with E-state index in [0.29, 0.717) is 22.6 Å². The fourth-order valence-corrected chi connectivity index (χ4v) is 2.45. The van der Waals surface area contributed by atoms with Crippen molar-refractivity contribution in [3.63, 3.8) is 0 Å².